The number of pyridine rings is 1. The van der Waals surface area contributed by atoms with E-state index in [-0.39, 0.29) is 17.9 Å². The molecule has 216 valence electrons. The van der Waals surface area contributed by atoms with Crippen LogP contribution in [0.25, 0.3) is 10.9 Å². The van der Waals surface area contributed by atoms with Crippen LogP contribution < -0.4 is 4.74 Å². The first-order chi connectivity index (χ1) is 19.1. The van der Waals surface area contributed by atoms with E-state index in [4.69, 9.17) is 4.74 Å². The van der Waals surface area contributed by atoms with Crippen molar-refractivity contribution < 1.29 is 38.0 Å². The Bertz CT molecular complexity index is 1320. The number of likely N-dealkylation sites (tertiary alicyclic amines) is 1. The second kappa shape index (κ2) is 13.2. The smallest absolute Gasteiger partial charge is 0.303 e. The van der Waals surface area contributed by atoms with Crippen molar-refractivity contribution in [3.05, 3.63) is 65.1 Å². The van der Waals surface area contributed by atoms with Crippen LogP contribution in [0, 0.1) is 22.9 Å². The summed E-state index contributed by atoms with van der Waals surface area (Å²) >= 11 is 0.985. The van der Waals surface area contributed by atoms with Crippen molar-refractivity contribution in [2.75, 3.05) is 32.5 Å². The van der Waals surface area contributed by atoms with Crippen LogP contribution in [-0.4, -0.2) is 63.7 Å². The van der Waals surface area contributed by atoms with E-state index in [1.807, 2.05) is 0 Å². The van der Waals surface area contributed by atoms with Gasteiger partial charge in [0.2, 0.25) is 0 Å². The lowest BCUT2D eigenvalue weighted by Gasteiger charge is -2.41. The highest BCUT2D eigenvalue weighted by molar-refractivity contribution is 7.99. The molecule has 1 aromatic heterocycles. The molecule has 0 spiro atoms. The second-order valence-electron chi connectivity index (χ2n) is 10.3. The predicted molar refractivity (Wildman–Crippen MR) is 146 cm³/mol. The zero-order valence-electron chi connectivity index (χ0n) is 22.2. The van der Waals surface area contributed by atoms with Crippen LogP contribution in [0.4, 0.5) is 13.2 Å². The molecule has 1 aliphatic rings. The Morgan fingerprint density at radius 2 is 1.88 bits per heavy atom. The van der Waals surface area contributed by atoms with E-state index in [2.05, 4.69) is 9.88 Å². The summed E-state index contributed by atoms with van der Waals surface area (Å²) in [6.45, 7) is 1.45. The standard InChI is InChI=1S/C29H33F3N2O5S/c1-39-20-2-3-24-21(14-20)27(18(17-35)16-33-24)25(36)4-5-29(15-26(37)38)6-8-34(9-7-29)10-11-40-28-22(31)12-19(30)13-23(28)32/h2-3,12-14,16,25,35-36H,4-11,15,17H2,1H3,(H,37,38)/t25-/m1/s1. The van der Waals surface area contributed by atoms with Gasteiger partial charge in [0.1, 0.15) is 23.2 Å². The number of rotatable bonds is 12. The molecule has 0 saturated carbocycles. The van der Waals surface area contributed by atoms with Crippen molar-refractivity contribution >= 4 is 28.6 Å². The van der Waals surface area contributed by atoms with E-state index in [1.165, 1.54) is 0 Å². The Balaban J connectivity index is 1.41. The molecule has 3 N–H and O–H groups in total. The Morgan fingerprint density at radius 1 is 1.18 bits per heavy atom. The van der Waals surface area contributed by atoms with Crippen molar-refractivity contribution in [3.8, 4) is 5.75 Å². The van der Waals surface area contributed by atoms with Gasteiger partial charge >= 0.3 is 5.97 Å². The Morgan fingerprint density at radius 3 is 2.50 bits per heavy atom. The number of hydrogen-bond acceptors (Lipinski definition) is 7. The Hall–Kier alpha value is -2.86. The van der Waals surface area contributed by atoms with E-state index in [0.717, 1.165) is 11.8 Å². The molecule has 0 aliphatic carbocycles. The Labute approximate surface area is 235 Å². The molecular weight excluding hydrogens is 545 g/mol. The summed E-state index contributed by atoms with van der Waals surface area (Å²) in [4.78, 5) is 18.1. The lowest BCUT2D eigenvalue weighted by atomic mass is 9.71. The lowest BCUT2D eigenvalue weighted by Crippen LogP contribution is -2.42. The van der Waals surface area contributed by atoms with E-state index < -0.39 is 34.9 Å². The number of nitrogens with zero attached hydrogens (tertiary/aromatic N) is 2. The molecule has 1 atom stereocenters. The lowest BCUT2D eigenvalue weighted by molar-refractivity contribution is -0.141. The largest absolute Gasteiger partial charge is 0.497 e. The van der Waals surface area contributed by atoms with Gasteiger partial charge in [0, 0.05) is 41.6 Å². The molecule has 2 aromatic carbocycles. The molecule has 11 heteroatoms. The molecule has 0 unspecified atom stereocenters. The highest BCUT2D eigenvalue weighted by Crippen LogP contribution is 2.42. The van der Waals surface area contributed by atoms with Crippen molar-refractivity contribution in [2.45, 2.75) is 49.7 Å². The minimum absolute atomic E-state index is 0.0356. The van der Waals surface area contributed by atoms with E-state index >= 15 is 0 Å². The molecule has 2 heterocycles. The topological polar surface area (TPSA) is 103 Å². The summed E-state index contributed by atoms with van der Waals surface area (Å²) in [6, 6.07) is 6.65. The maximum atomic E-state index is 13.9. The van der Waals surface area contributed by atoms with Gasteiger partial charge in [-0.25, -0.2) is 13.2 Å². The second-order valence-corrected chi connectivity index (χ2v) is 11.4. The number of thioether (sulfide) groups is 1. The third-order valence-electron chi connectivity index (χ3n) is 7.71. The zero-order chi connectivity index (χ0) is 28.9. The summed E-state index contributed by atoms with van der Waals surface area (Å²) in [5.41, 5.74) is 1.19. The number of aliphatic carboxylic acids is 1. The van der Waals surface area contributed by atoms with Crippen LogP contribution in [0.2, 0.25) is 0 Å². The zero-order valence-corrected chi connectivity index (χ0v) is 23.0. The number of benzene rings is 2. The van der Waals surface area contributed by atoms with Crippen LogP contribution in [-0.2, 0) is 11.4 Å². The van der Waals surface area contributed by atoms with Gasteiger partial charge in [0.25, 0.3) is 0 Å². The molecule has 3 aromatic rings. The number of piperidine rings is 1. The molecule has 0 amide bonds. The number of carboxylic acid groups (broad SMARTS) is 1. The third-order valence-corrected chi connectivity index (χ3v) is 8.78. The maximum absolute atomic E-state index is 13.9. The van der Waals surface area contributed by atoms with Crippen LogP contribution >= 0.6 is 11.8 Å². The van der Waals surface area contributed by atoms with Crippen molar-refractivity contribution in [1.82, 2.24) is 9.88 Å². The molecule has 4 rings (SSSR count). The van der Waals surface area contributed by atoms with Crippen molar-refractivity contribution in [1.29, 1.82) is 0 Å². The van der Waals surface area contributed by atoms with Gasteiger partial charge in [-0.05, 0) is 68.0 Å². The molecular formula is C29H33F3N2O5S. The summed E-state index contributed by atoms with van der Waals surface area (Å²) < 4.78 is 46.3. The SMILES string of the molecule is COc1ccc2ncc(CO)c([C@H](O)CCC3(CC(=O)O)CCN(CCSc4c(F)cc(F)cc4F)CC3)c2c1. The first-order valence-corrected chi connectivity index (χ1v) is 14.1. The number of hydrogen-bond donors (Lipinski definition) is 3. The number of aliphatic hydroxyl groups is 2. The van der Waals surface area contributed by atoms with E-state index in [0.29, 0.717) is 91.0 Å². The fourth-order valence-corrected chi connectivity index (χ4v) is 6.44. The number of methoxy groups -OCH3 is 1. The van der Waals surface area contributed by atoms with Gasteiger partial charge in [-0.3, -0.25) is 9.78 Å². The van der Waals surface area contributed by atoms with Gasteiger partial charge in [0.15, 0.2) is 0 Å². The third kappa shape index (κ3) is 7.06. The number of carbonyl (C=O) groups is 1. The van der Waals surface area contributed by atoms with E-state index in [9.17, 15) is 33.3 Å². The van der Waals surface area contributed by atoms with Gasteiger partial charge in [-0.1, -0.05) is 0 Å². The predicted octanol–water partition coefficient (Wildman–Crippen LogP) is 5.32. The van der Waals surface area contributed by atoms with Gasteiger partial charge in [-0.15, -0.1) is 11.8 Å². The number of aliphatic hydroxyl groups excluding tert-OH is 2. The first kappa shape index (κ1) is 30.1. The van der Waals surface area contributed by atoms with Crippen LogP contribution in [0.15, 0.2) is 41.4 Å². The number of aromatic nitrogens is 1. The summed E-state index contributed by atoms with van der Waals surface area (Å²) in [6.07, 6.45) is 2.51. The molecule has 7 nitrogen and oxygen atoms in total. The average Bonchev–Trinajstić information content (AvgIpc) is 2.92. The maximum Gasteiger partial charge on any atom is 0.303 e. The molecule has 1 saturated heterocycles. The van der Waals surface area contributed by atoms with Crippen LogP contribution in [0.3, 0.4) is 0 Å². The average molecular weight is 579 g/mol. The summed E-state index contributed by atoms with van der Waals surface area (Å²) in [5.74, 6) is -2.73. The fourth-order valence-electron chi connectivity index (χ4n) is 5.50. The van der Waals surface area contributed by atoms with Crippen molar-refractivity contribution in [3.63, 3.8) is 0 Å². The number of halogens is 3. The fraction of sp³-hybridized carbons (Fsp3) is 0.448. The monoisotopic (exact) mass is 578 g/mol. The number of fused-ring (bicyclic) bond motifs is 1. The summed E-state index contributed by atoms with van der Waals surface area (Å²) in [5, 5.41) is 31.6. The first-order valence-electron chi connectivity index (χ1n) is 13.1. The van der Waals surface area contributed by atoms with Crippen molar-refractivity contribution in [2.24, 2.45) is 5.41 Å². The minimum Gasteiger partial charge on any atom is -0.497 e. The molecule has 1 aliphatic heterocycles. The van der Waals surface area contributed by atoms with E-state index in [1.54, 1.807) is 31.5 Å². The van der Waals surface area contributed by atoms with Gasteiger partial charge in [0.05, 0.1) is 36.7 Å². The van der Waals surface area contributed by atoms with Crippen LogP contribution in [0.1, 0.15) is 49.3 Å². The van der Waals surface area contributed by atoms with Gasteiger partial charge < -0.3 is 25.0 Å². The number of carboxylic acids is 1. The normalized spacial score (nSPS) is 16.2. The van der Waals surface area contributed by atoms with Crippen LogP contribution in [0.5, 0.6) is 5.75 Å². The highest BCUT2D eigenvalue weighted by atomic mass is 32.2. The molecule has 1 fully saturated rings. The minimum atomic E-state index is -0.959. The quantitative estimate of drug-likeness (QED) is 0.249. The Kier molecular flexibility index (Phi) is 9.94. The summed E-state index contributed by atoms with van der Waals surface area (Å²) in [7, 11) is 1.54. The number of ether oxygens (including phenoxy) is 1. The molecule has 40 heavy (non-hydrogen) atoms. The highest BCUT2D eigenvalue weighted by Gasteiger charge is 2.37. The molecule has 0 radical (unpaired) electrons. The molecule has 0 bridgehead atoms. The van der Waals surface area contributed by atoms with Gasteiger partial charge in [-0.2, -0.15) is 0 Å².